The van der Waals surface area contributed by atoms with Gasteiger partial charge in [-0.25, -0.2) is 0 Å². The predicted octanol–water partition coefficient (Wildman–Crippen LogP) is 3.02. The molecule has 0 aromatic heterocycles. The first-order valence-electron chi connectivity index (χ1n) is 7.32. The molecule has 0 spiro atoms. The molecule has 1 heterocycles. The highest BCUT2D eigenvalue weighted by atomic mass is 16.2. The number of carbonyl (C=O) groups excluding carboxylic acids is 1. The molecular formula is C18H20N2O. The van der Waals surface area contributed by atoms with Gasteiger partial charge in [-0.15, -0.1) is 0 Å². The molecule has 2 N–H and O–H groups in total. The first-order chi connectivity index (χ1) is 10.2. The van der Waals surface area contributed by atoms with Gasteiger partial charge in [-0.05, 0) is 24.6 Å². The van der Waals surface area contributed by atoms with Gasteiger partial charge in [-0.3, -0.25) is 4.79 Å². The van der Waals surface area contributed by atoms with E-state index in [1.165, 1.54) is 5.56 Å². The summed E-state index contributed by atoms with van der Waals surface area (Å²) in [4.78, 5) is 12.8. The van der Waals surface area contributed by atoms with E-state index in [9.17, 15) is 4.79 Å². The monoisotopic (exact) mass is 280 g/mol. The molecule has 3 nitrogen and oxygen atoms in total. The van der Waals surface area contributed by atoms with Crippen molar-refractivity contribution >= 4 is 11.6 Å². The number of rotatable bonds is 3. The van der Waals surface area contributed by atoms with Crippen molar-refractivity contribution in [3.8, 4) is 0 Å². The Morgan fingerprint density at radius 1 is 1.10 bits per heavy atom. The molecule has 1 fully saturated rings. The van der Waals surface area contributed by atoms with Gasteiger partial charge >= 0.3 is 0 Å². The van der Waals surface area contributed by atoms with Gasteiger partial charge in [0.2, 0.25) is 5.91 Å². The zero-order valence-electron chi connectivity index (χ0n) is 12.2. The zero-order chi connectivity index (χ0) is 14.7. The number of benzene rings is 2. The summed E-state index contributed by atoms with van der Waals surface area (Å²) in [6.07, 6.45) is 0. The summed E-state index contributed by atoms with van der Waals surface area (Å²) in [6, 6.07) is 19.9. The average Bonchev–Trinajstić information content (AvgIpc) is 2.92. The molecule has 3 heteroatoms. The third-order valence-electron chi connectivity index (χ3n) is 4.36. The first kappa shape index (κ1) is 13.8. The van der Waals surface area contributed by atoms with Crippen LogP contribution in [0, 0.1) is 5.41 Å². The maximum Gasteiger partial charge on any atom is 0.232 e. The van der Waals surface area contributed by atoms with E-state index in [1.54, 1.807) is 0 Å². The van der Waals surface area contributed by atoms with Crippen LogP contribution in [0.25, 0.3) is 0 Å². The van der Waals surface area contributed by atoms with Crippen molar-refractivity contribution < 1.29 is 4.79 Å². The molecule has 2 atom stereocenters. The fourth-order valence-electron chi connectivity index (χ4n) is 3.03. The minimum atomic E-state index is -0.433. The molecule has 1 saturated heterocycles. The summed E-state index contributed by atoms with van der Waals surface area (Å²) in [5.74, 6) is 0.273. The second-order valence-electron chi connectivity index (χ2n) is 5.83. The third kappa shape index (κ3) is 2.69. The lowest BCUT2D eigenvalue weighted by Crippen LogP contribution is -2.39. The van der Waals surface area contributed by atoms with Crippen LogP contribution < -0.4 is 10.6 Å². The van der Waals surface area contributed by atoms with E-state index >= 15 is 0 Å². The fraction of sp³-hybridized carbons (Fsp3) is 0.278. The summed E-state index contributed by atoms with van der Waals surface area (Å²) in [6.45, 7) is 3.58. The number of anilines is 1. The summed E-state index contributed by atoms with van der Waals surface area (Å²) in [7, 11) is 0. The van der Waals surface area contributed by atoms with Crippen LogP contribution in [0.15, 0.2) is 60.7 Å². The van der Waals surface area contributed by atoms with Crippen LogP contribution in [0.1, 0.15) is 18.4 Å². The number of nitrogens with one attached hydrogen (secondary N) is 2. The molecule has 0 saturated carbocycles. The highest BCUT2D eigenvalue weighted by Gasteiger charge is 2.45. The molecule has 0 radical (unpaired) electrons. The zero-order valence-corrected chi connectivity index (χ0v) is 12.2. The van der Waals surface area contributed by atoms with Crippen LogP contribution in [-0.4, -0.2) is 19.0 Å². The number of hydrogen-bond donors (Lipinski definition) is 2. The van der Waals surface area contributed by atoms with Gasteiger partial charge in [-0.1, -0.05) is 48.5 Å². The predicted molar refractivity (Wildman–Crippen MR) is 85.2 cm³/mol. The van der Waals surface area contributed by atoms with E-state index < -0.39 is 5.41 Å². The van der Waals surface area contributed by atoms with Gasteiger partial charge in [0.05, 0.1) is 5.41 Å². The maximum absolute atomic E-state index is 12.8. The SMILES string of the molecule is C[C@]1(C(=O)Nc2ccccc2)CNC[C@@H]1c1ccccc1. The van der Waals surface area contributed by atoms with Gasteiger partial charge in [0.25, 0.3) is 0 Å². The van der Waals surface area contributed by atoms with Crippen LogP contribution in [0.5, 0.6) is 0 Å². The second-order valence-corrected chi connectivity index (χ2v) is 5.83. The molecule has 2 aromatic carbocycles. The standard InChI is InChI=1S/C18H20N2O/c1-18(17(21)20-15-10-6-3-7-11-15)13-19-12-16(18)14-8-4-2-5-9-14/h2-11,16,19H,12-13H2,1H3,(H,20,21)/t16-,18+/m1/s1. The quantitative estimate of drug-likeness (QED) is 0.907. The van der Waals surface area contributed by atoms with E-state index in [2.05, 4.69) is 22.8 Å². The number of para-hydroxylation sites is 1. The lowest BCUT2D eigenvalue weighted by molar-refractivity contribution is -0.124. The van der Waals surface area contributed by atoms with Crippen LogP contribution in [0.3, 0.4) is 0 Å². The summed E-state index contributed by atoms with van der Waals surface area (Å²) in [5, 5.41) is 6.41. The Balaban J connectivity index is 1.83. The van der Waals surface area contributed by atoms with Crippen LogP contribution >= 0.6 is 0 Å². The molecular weight excluding hydrogens is 260 g/mol. The van der Waals surface area contributed by atoms with Crippen molar-refractivity contribution in [2.24, 2.45) is 5.41 Å². The molecule has 2 aromatic rings. The number of hydrogen-bond acceptors (Lipinski definition) is 2. The smallest absolute Gasteiger partial charge is 0.232 e. The second kappa shape index (κ2) is 5.70. The Morgan fingerprint density at radius 3 is 2.38 bits per heavy atom. The molecule has 0 aliphatic carbocycles. The summed E-state index contributed by atoms with van der Waals surface area (Å²) >= 11 is 0. The maximum atomic E-state index is 12.8. The van der Waals surface area contributed by atoms with Crippen LogP contribution in [-0.2, 0) is 4.79 Å². The largest absolute Gasteiger partial charge is 0.326 e. The third-order valence-corrected chi connectivity index (χ3v) is 4.36. The van der Waals surface area contributed by atoms with Crippen molar-refractivity contribution in [2.45, 2.75) is 12.8 Å². The van der Waals surface area contributed by atoms with Gasteiger partial charge < -0.3 is 10.6 Å². The molecule has 1 aliphatic rings. The van der Waals surface area contributed by atoms with E-state index in [1.807, 2.05) is 55.5 Å². The molecule has 108 valence electrons. The molecule has 21 heavy (non-hydrogen) atoms. The highest BCUT2D eigenvalue weighted by Crippen LogP contribution is 2.39. The van der Waals surface area contributed by atoms with Crippen molar-refractivity contribution in [3.05, 3.63) is 66.2 Å². The van der Waals surface area contributed by atoms with Crippen LogP contribution in [0.4, 0.5) is 5.69 Å². The van der Waals surface area contributed by atoms with E-state index in [0.29, 0.717) is 6.54 Å². The Labute approximate surface area is 125 Å². The summed E-state index contributed by atoms with van der Waals surface area (Å²) in [5.41, 5.74) is 1.63. The van der Waals surface area contributed by atoms with E-state index in [0.717, 1.165) is 12.2 Å². The lowest BCUT2D eigenvalue weighted by Gasteiger charge is -2.29. The van der Waals surface area contributed by atoms with Crippen molar-refractivity contribution in [1.29, 1.82) is 0 Å². The number of amides is 1. The fourth-order valence-corrected chi connectivity index (χ4v) is 3.03. The van der Waals surface area contributed by atoms with Gasteiger partial charge in [0.1, 0.15) is 0 Å². The van der Waals surface area contributed by atoms with Crippen molar-refractivity contribution in [3.63, 3.8) is 0 Å². The Hall–Kier alpha value is -2.13. The first-order valence-corrected chi connectivity index (χ1v) is 7.32. The normalized spacial score (nSPS) is 24.7. The van der Waals surface area contributed by atoms with Gasteiger partial charge in [-0.2, -0.15) is 0 Å². The Bertz CT molecular complexity index is 612. The topological polar surface area (TPSA) is 41.1 Å². The molecule has 0 unspecified atom stereocenters. The Morgan fingerprint density at radius 2 is 1.71 bits per heavy atom. The van der Waals surface area contributed by atoms with Gasteiger partial charge in [0.15, 0.2) is 0 Å². The van der Waals surface area contributed by atoms with Crippen molar-refractivity contribution in [1.82, 2.24) is 5.32 Å². The summed E-state index contributed by atoms with van der Waals surface area (Å²) < 4.78 is 0. The van der Waals surface area contributed by atoms with Gasteiger partial charge in [0, 0.05) is 24.7 Å². The molecule has 3 rings (SSSR count). The minimum absolute atomic E-state index is 0.0764. The molecule has 1 amide bonds. The number of carbonyl (C=O) groups is 1. The van der Waals surface area contributed by atoms with Crippen molar-refractivity contribution in [2.75, 3.05) is 18.4 Å². The average molecular weight is 280 g/mol. The van der Waals surface area contributed by atoms with Crippen LogP contribution in [0.2, 0.25) is 0 Å². The highest BCUT2D eigenvalue weighted by molar-refractivity contribution is 5.96. The molecule has 1 aliphatic heterocycles. The molecule has 0 bridgehead atoms. The van der Waals surface area contributed by atoms with E-state index in [-0.39, 0.29) is 11.8 Å². The lowest BCUT2D eigenvalue weighted by atomic mass is 9.75. The van der Waals surface area contributed by atoms with E-state index in [4.69, 9.17) is 0 Å². The Kier molecular flexibility index (Phi) is 3.76. The minimum Gasteiger partial charge on any atom is -0.326 e.